The van der Waals surface area contributed by atoms with E-state index in [1.165, 1.54) is 19.1 Å². The molecule has 0 heterocycles. The SMILES string of the molecule is CC(=O)c1cccc(F)c1OCCN(C(C)C)C(C)C. The molecule has 0 unspecified atom stereocenters. The fraction of sp³-hybridized carbons (Fsp3) is 0.562. The van der Waals surface area contributed by atoms with Crippen LogP contribution in [0.25, 0.3) is 0 Å². The lowest BCUT2D eigenvalue weighted by Gasteiger charge is -2.30. The highest BCUT2D eigenvalue weighted by molar-refractivity contribution is 5.96. The number of carbonyl (C=O) groups is 1. The molecule has 0 bridgehead atoms. The fourth-order valence-electron chi connectivity index (χ4n) is 2.30. The van der Waals surface area contributed by atoms with E-state index in [0.29, 0.717) is 30.8 Å². The smallest absolute Gasteiger partial charge is 0.165 e. The predicted octanol–water partition coefficient (Wildman–Crippen LogP) is 3.53. The van der Waals surface area contributed by atoms with E-state index in [0.717, 1.165) is 0 Å². The van der Waals surface area contributed by atoms with Crippen LogP contribution < -0.4 is 4.74 Å². The van der Waals surface area contributed by atoms with Gasteiger partial charge in [0.05, 0.1) is 5.56 Å². The summed E-state index contributed by atoms with van der Waals surface area (Å²) in [5.74, 6) is -0.616. The summed E-state index contributed by atoms with van der Waals surface area (Å²) in [4.78, 5) is 13.7. The summed E-state index contributed by atoms with van der Waals surface area (Å²) in [5.41, 5.74) is 0.297. The topological polar surface area (TPSA) is 29.5 Å². The van der Waals surface area contributed by atoms with Gasteiger partial charge in [0.25, 0.3) is 0 Å². The summed E-state index contributed by atoms with van der Waals surface area (Å²) in [6, 6.07) is 5.21. The number of halogens is 1. The molecule has 0 aromatic heterocycles. The van der Waals surface area contributed by atoms with Crippen molar-refractivity contribution in [2.24, 2.45) is 0 Å². The molecular weight excluding hydrogens is 257 g/mol. The first-order valence-electron chi connectivity index (χ1n) is 7.02. The highest BCUT2D eigenvalue weighted by atomic mass is 19.1. The molecule has 0 radical (unpaired) electrons. The number of hydrogen-bond acceptors (Lipinski definition) is 3. The zero-order valence-electron chi connectivity index (χ0n) is 12.9. The van der Waals surface area contributed by atoms with Gasteiger partial charge in [-0.3, -0.25) is 9.69 Å². The Balaban J connectivity index is 2.73. The summed E-state index contributed by atoms with van der Waals surface area (Å²) < 4.78 is 19.3. The Morgan fingerprint density at radius 3 is 2.35 bits per heavy atom. The first-order valence-corrected chi connectivity index (χ1v) is 7.02. The lowest BCUT2D eigenvalue weighted by atomic mass is 10.1. The van der Waals surface area contributed by atoms with Gasteiger partial charge in [-0.25, -0.2) is 4.39 Å². The second-order valence-electron chi connectivity index (χ2n) is 5.45. The van der Waals surface area contributed by atoms with Gasteiger partial charge in [0.1, 0.15) is 6.61 Å². The highest BCUT2D eigenvalue weighted by Crippen LogP contribution is 2.23. The van der Waals surface area contributed by atoms with Crippen LogP contribution >= 0.6 is 0 Å². The van der Waals surface area contributed by atoms with Crippen molar-refractivity contribution in [3.63, 3.8) is 0 Å². The van der Waals surface area contributed by atoms with Crippen LogP contribution in [0.4, 0.5) is 4.39 Å². The maximum absolute atomic E-state index is 13.8. The summed E-state index contributed by atoms with van der Waals surface area (Å²) in [6.45, 7) is 10.9. The van der Waals surface area contributed by atoms with Crippen LogP contribution in [0.5, 0.6) is 5.75 Å². The molecule has 0 fully saturated rings. The minimum absolute atomic E-state index is 0.0625. The Morgan fingerprint density at radius 1 is 1.25 bits per heavy atom. The monoisotopic (exact) mass is 281 g/mol. The van der Waals surface area contributed by atoms with E-state index in [1.54, 1.807) is 6.07 Å². The number of ether oxygens (including phenoxy) is 1. The van der Waals surface area contributed by atoms with Crippen LogP contribution in [0.15, 0.2) is 18.2 Å². The Labute approximate surface area is 120 Å². The fourth-order valence-corrected chi connectivity index (χ4v) is 2.30. The molecule has 112 valence electrons. The van der Waals surface area contributed by atoms with Crippen molar-refractivity contribution in [3.05, 3.63) is 29.6 Å². The number of nitrogens with zero attached hydrogens (tertiary/aromatic N) is 1. The number of Topliss-reactive ketones (excluding diaryl/α,β-unsaturated/α-hetero) is 1. The normalized spacial score (nSPS) is 11.4. The van der Waals surface area contributed by atoms with Crippen molar-refractivity contribution in [1.29, 1.82) is 0 Å². The van der Waals surface area contributed by atoms with E-state index in [-0.39, 0.29) is 11.5 Å². The van der Waals surface area contributed by atoms with Crippen LogP contribution in [-0.2, 0) is 0 Å². The third kappa shape index (κ3) is 4.30. The maximum atomic E-state index is 13.8. The Hall–Kier alpha value is -1.42. The minimum atomic E-state index is -0.488. The van der Waals surface area contributed by atoms with Crippen LogP contribution in [0, 0.1) is 5.82 Å². The van der Waals surface area contributed by atoms with Gasteiger partial charge in [-0.15, -0.1) is 0 Å². The van der Waals surface area contributed by atoms with E-state index in [9.17, 15) is 9.18 Å². The molecule has 0 spiro atoms. The Bertz CT molecular complexity index is 450. The molecule has 0 atom stereocenters. The molecule has 0 aliphatic carbocycles. The number of para-hydroxylation sites is 1. The molecule has 1 rings (SSSR count). The second kappa shape index (κ2) is 7.39. The zero-order valence-corrected chi connectivity index (χ0v) is 12.9. The van der Waals surface area contributed by atoms with Crippen molar-refractivity contribution >= 4 is 5.78 Å². The van der Waals surface area contributed by atoms with Gasteiger partial charge in [-0.1, -0.05) is 6.07 Å². The van der Waals surface area contributed by atoms with Gasteiger partial charge in [0.2, 0.25) is 0 Å². The molecule has 0 aliphatic heterocycles. The Morgan fingerprint density at radius 2 is 1.85 bits per heavy atom. The Kier molecular flexibility index (Phi) is 6.14. The van der Waals surface area contributed by atoms with Crippen molar-refractivity contribution in [1.82, 2.24) is 4.90 Å². The average molecular weight is 281 g/mol. The number of benzene rings is 1. The van der Waals surface area contributed by atoms with E-state index >= 15 is 0 Å². The van der Waals surface area contributed by atoms with Crippen molar-refractivity contribution < 1.29 is 13.9 Å². The molecule has 0 N–H and O–H groups in total. The molecule has 1 aromatic rings. The van der Waals surface area contributed by atoms with Crippen molar-refractivity contribution in [2.75, 3.05) is 13.2 Å². The molecule has 0 aliphatic rings. The third-order valence-electron chi connectivity index (χ3n) is 3.27. The van der Waals surface area contributed by atoms with Gasteiger partial charge in [-0.05, 0) is 46.8 Å². The number of rotatable bonds is 7. The predicted molar refractivity (Wildman–Crippen MR) is 78.9 cm³/mol. The largest absolute Gasteiger partial charge is 0.488 e. The van der Waals surface area contributed by atoms with Gasteiger partial charge in [-0.2, -0.15) is 0 Å². The molecule has 1 aromatic carbocycles. The lowest BCUT2D eigenvalue weighted by molar-refractivity contribution is 0.100. The van der Waals surface area contributed by atoms with Gasteiger partial charge in [0.15, 0.2) is 17.3 Å². The minimum Gasteiger partial charge on any atom is -0.488 e. The summed E-state index contributed by atoms with van der Waals surface area (Å²) in [6.07, 6.45) is 0. The summed E-state index contributed by atoms with van der Waals surface area (Å²) in [5, 5.41) is 0. The lowest BCUT2D eigenvalue weighted by Crippen LogP contribution is -2.39. The quantitative estimate of drug-likeness (QED) is 0.716. The first kappa shape index (κ1) is 16.6. The molecule has 3 nitrogen and oxygen atoms in total. The standard InChI is InChI=1S/C16H24FNO2/c1-11(2)18(12(3)4)9-10-20-16-14(13(5)19)7-6-8-15(16)17/h6-8,11-12H,9-10H2,1-5H3. The average Bonchev–Trinajstić information content (AvgIpc) is 2.34. The third-order valence-corrected chi connectivity index (χ3v) is 3.27. The highest BCUT2D eigenvalue weighted by Gasteiger charge is 2.16. The van der Waals surface area contributed by atoms with Gasteiger partial charge >= 0.3 is 0 Å². The van der Waals surface area contributed by atoms with E-state index in [2.05, 4.69) is 32.6 Å². The summed E-state index contributed by atoms with van der Waals surface area (Å²) in [7, 11) is 0. The zero-order chi connectivity index (χ0) is 15.3. The van der Waals surface area contributed by atoms with Gasteiger partial charge < -0.3 is 4.74 Å². The van der Waals surface area contributed by atoms with Crippen LogP contribution in [0.1, 0.15) is 45.0 Å². The van der Waals surface area contributed by atoms with E-state index < -0.39 is 5.82 Å². The second-order valence-corrected chi connectivity index (χ2v) is 5.45. The van der Waals surface area contributed by atoms with Crippen LogP contribution in [-0.4, -0.2) is 35.9 Å². The van der Waals surface area contributed by atoms with E-state index in [1.807, 2.05) is 0 Å². The molecular formula is C16H24FNO2. The summed E-state index contributed by atoms with van der Waals surface area (Å²) >= 11 is 0. The maximum Gasteiger partial charge on any atom is 0.165 e. The van der Waals surface area contributed by atoms with Crippen LogP contribution in [0.3, 0.4) is 0 Å². The number of carbonyl (C=O) groups excluding carboxylic acids is 1. The van der Waals surface area contributed by atoms with E-state index in [4.69, 9.17) is 4.74 Å². The molecule has 0 saturated carbocycles. The van der Waals surface area contributed by atoms with Crippen molar-refractivity contribution in [3.8, 4) is 5.75 Å². The molecule has 0 amide bonds. The molecule has 20 heavy (non-hydrogen) atoms. The number of ketones is 1. The molecule has 4 heteroatoms. The van der Waals surface area contributed by atoms with Crippen LogP contribution in [0.2, 0.25) is 0 Å². The first-order chi connectivity index (χ1) is 9.34. The van der Waals surface area contributed by atoms with Crippen molar-refractivity contribution in [2.45, 2.75) is 46.7 Å². The van der Waals surface area contributed by atoms with Gasteiger partial charge in [0, 0.05) is 18.6 Å². The molecule has 0 saturated heterocycles. The number of hydrogen-bond donors (Lipinski definition) is 0.